The molecule has 0 saturated carbocycles. The fourth-order valence-electron chi connectivity index (χ4n) is 1.92. The maximum atomic E-state index is 5.85. The number of benzene rings is 1. The van der Waals surface area contributed by atoms with Crippen LogP contribution in [0.15, 0.2) is 18.2 Å². The molecule has 120 valence electrons. The summed E-state index contributed by atoms with van der Waals surface area (Å²) in [6, 6.07) is 6.00. The van der Waals surface area contributed by atoms with Crippen molar-refractivity contribution in [2.75, 3.05) is 40.6 Å². The molecule has 0 aliphatic carbocycles. The zero-order valence-corrected chi connectivity index (χ0v) is 13.5. The maximum absolute atomic E-state index is 5.85. The Kier molecular flexibility index (Phi) is 8.82. The first-order valence-corrected chi connectivity index (χ1v) is 7.32. The molecule has 0 heterocycles. The Hall–Kier alpha value is -1.30. The van der Waals surface area contributed by atoms with Crippen molar-refractivity contribution in [2.24, 2.45) is 0 Å². The van der Waals surface area contributed by atoms with Gasteiger partial charge < -0.3 is 24.3 Å². The summed E-state index contributed by atoms with van der Waals surface area (Å²) in [4.78, 5) is 0. The largest absolute Gasteiger partial charge is 0.490 e. The van der Waals surface area contributed by atoms with Crippen molar-refractivity contribution < 1.29 is 18.9 Å². The summed E-state index contributed by atoms with van der Waals surface area (Å²) in [5.41, 5.74) is 1.15. The second-order valence-corrected chi connectivity index (χ2v) is 4.77. The molecule has 1 N–H and O–H groups in total. The number of hydrogen-bond acceptors (Lipinski definition) is 5. The van der Waals surface area contributed by atoms with Gasteiger partial charge in [0.25, 0.3) is 0 Å². The first-order chi connectivity index (χ1) is 10.2. The Balaban J connectivity index is 2.66. The van der Waals surface area contributed by atoms with Gasteiger partial charge in [-0.1, -0.05) is 6.07 Å². The van der Waals surface area contributed by atoms with Crippen molar-refractivity contribution in [3.8, 4) is 11.5 Å². The average Bonchev–Trinajstić information content (AvgIpc) is 2.47. The molecule has 1 unspecified atom stereocenters. The fourth-order valence-corrected chi connectivity index (χ4v) is 1.92. The molecular formula is C16H27NO4. The molecule has 0 fully saturated rings. The van der Waals surface area contributed by atoms with Crippen LogP contribution in [0.3, 0.4) is 0 Å². The quantitative estimate of drug-likeness (QED) is 0.635. The average molecular weight is 297 g/mol. The third-order valence-corrected chi connectivity index (χ3v) is 2.85. The van der Waals surface area contributed by atoms with Crippen LogP contribution in [0, 0.1) is 0 Å². The third kappa shape index (κ3) is 6.80. The van der Waals surface area contributed by atoms with Gasteiger partial charge in [0.05, 0.1) is 19.8 Å². The van der Waals surface area contributed by atoms with E-state index in [-0.39, 0.29) is 6.10 Å². The Labute approximate surface area is 127 Å². The topological polar surface area (TPSA) is 49.0 Å². The molecule has 5 heteroatoms. The standard InChI is InChI=1S/C16H27NO4/c1-5-20-16-10-14(11-17-8-9-18-3)6-7-15(16)21-13(2)12-19-4/h6-7,10,13,17H,5,8-9,11-12H2,1-4H3. The van der Waals surface area contributed by atoms with E-state index in [2.05, 4.69) is 5.32 Å². The smallest absolute Gasteiger partial charge is 0.161 e. The van der Waals surface area contributed by atoms with Gasteiger partial charge in [-0.05, 0) is 31.5 Å². The predicted octanol–water partition coefficient (Wildman–Crippen LogP) is 2.24. The van der Waals surface area contributed by atoms with Crippen molar-refractivity contribution in [2.45, 2.75) is 26.5 Å². The van der Waals surface area contributed by atoms with Gasteiger partial charge in [-0.25, -0.2) is 0 Å². The molecule has 0 bridgehead atoms. The summed E-state index contributed by atoms with van der Waals surface area (Å²) in [5, 5.41) is 3.31. The Morgan fingerprint density at radius 1 is 1.14 bits per heavy atom. The van der Waals surface area contributed by atoms with Gasteiger partial charge in [-0.2, -0.15) is 0 Å². The lowest BCUT2D eigenvalue weighted by Crippen LogP contribution is -2.19. The highest BCUT2D eigenvalue weighted by Crippen LogP contribution is 2.29. The molecule has 1 aromatic rings. The lowest BCUT2D eigenvalue weighted by atomic mass is 10.2. The normalized spacial score (nSPS) is 12.2. The number of methoxy groups -OCH3 is 2. The van der Waals surface area contributed by atoms with Crippen LogP contribution in [-0.4, -0.2) is 46.7 Å². The Morgan fingerprint density at radius 2 is 1.95 bits per heavy atom. The summed E-state index contributed by atoms with van der Waals surface area (Å²) < 4.78 is 21.6. The second kappa shape index (κ2) is 10.4. The molecule has 0 spiro atoms. The van der Waals surface area contributed by atoms with Crippen molar-refractivity contribution in [3.63, 3.8) is 0 Å². The van der Waals surface area contributed by atoms with E-state index in [1.54, 1.807) is 14.2 Å². The minimum atomic E-state index is -0.0140. The molecular weight excluding hydrogens is 270 g/mol. The molecule has 0 aliphatic rings. The minimum absolute atomic E-state index is 0.0140. The molecule has 0 saturated heterocycles. The van der Waals surface area contributed by atoms with Gasteiger partial charge in [0.2, 0.25) is 0 Å². The summed E-state index contributed by atoms with van der Waals surface area (Å²) in [6.45, 7) is 7.39. The van der Waals surface area contributed by atoms with Crippen molar-refractivity contribution >= 4 is 0 Å². The van der Waals surface area contributed by atoms with Gasteiger partial charge in [0.15, 0.2) is 11.5 Å². The van der Waals surface area contributed by atoms with Crippen molar-refractivity contribution in [1.82, 2.24) is 5.32 Å². The van der Waals surface area contributed by atoms with Gasteiger partial charge in [-0.3, -0.25) is 0 Å². The SMILES string of the molecule is CCOc1cc(CNCCOC)ccc1OC(C)COC. The molecule has 1 atom stereocenters. The highest BCUT2D eigenvalue weighted by molar-refractivity contribution is 5.43. The van der Waals surface area contributed by atoms with Crippen LogP contribution in [0.5, 0.6) is 11.5 Å². The van der Waals surface area contributed by atoms with Crippen molar-refractivity contribution in [1.29, 1.82) is 0 Å². The van der Waals surface area contributed by atoms with Crippen LogP contribution in [0.2, 0.25) is 0 Å². The van der Waals surface area contributed by atoms with Crippen LogP contribution < -0.4 is 14.8 Å². The summed E-state index contributed by atoms with van der Waals surface area (Å²) in [5.74, 6) is 1.52. The number of rotatable bonds is 11. The fraction of sp³-hybridized carbons (Fsp3) is 0.625. The summed E-state index contributed by atoms with van der Waals surface area (Å²) in [6.07, 6.45) is -0.0140. The first kappa shape index (κ1) is 17.8. The molecule has 0 amide bonds. The van der Waals surface area contributed by atoms with Crippen LogP contribution in [0.4, 0.5) is 0 Å². The summed E-state index contributed by atoms with van der Waals surface area (Å²) >= 11 is 0. The number of ether oxygens (including phenoxy) is 4. The van der Waals surface area contributed by atoms with Crippen LogP contribution in [0.1, 0.15) is 19.4 Å². The van der Waals surface area contributed by atoms with E-state index in [1.165, 1.54) is 0 Å². The number of nitrogens with one attached hydrogen (secondary N) is 1. The van der Waals surface area contributed by atoms with Gasteiger partial charge in [-0.15, -0.1) is 0 Å². The zero-order valence-electron chi connectivity index (χ0n) is 13.5. The van der Waals surface area contributed by atoms with Gasteiger partial charge in [0, 0.05) is 27.3 Å². The Morgan fingerprint density at radius 3 is 2.62 bits per heavy atom. The highest BCUT2D eigenvalue weighted by atomic mass is 16.5. The minimum Gasteiger partial charge on any atom is -0.490 e. The maximum Gasteiger partial charge on any atom is 0.161 e. The van der Waals surface area contributed by atoms with E-state index in [9.17, 15) is 0 Å². The van der Waals surface area contributed by atoms with Crippen LogP contribution in [0.25, 0.3) is 0 Å². The van der Waals surface area contributed by atoms with Gasteiger partial charge >= 0.3 is 0 Å². The van der Waals surface area contributed by atoms with E-state index >= 15 is 0 Å². The van der Waals surface area contributed by atoms with Gasteiger partial charge in [0.1, 0.15) is 6.10 Å². The lowest BCUT2D eigenvalue weighted by Gasteiger charge is -2.17. The number of hydrogen-bond donors (Lipinski definition) is 1. The van der Waals surface area contributed by atoms with E-state index in [0.29, 0.717) is 19.8 Å². The third-order valence-electron chi connectivity index (χ3n) is 2.85. The molecule has 1 aromatic carbocycles. The lowest BCUT2D eigenvalue weighted by molar-refractivity contribution is 0.0894. The van der Waals surface area contributed by atoms with Crippen molar-refractivity contribution in [3.05, 3.63) is 23.8 Å². The summed E-state index contributed by atoms with van der Waals surface area (Å²) in [7, 11) is 3.36. The predicted molar refractivity (Wildman–Crippen MR) is 83.2 cm³/mol. The van der Waals surface area contributed by atoms with Crippen LogP contribution >= 0.6 is 0 Å². The highest BCUT2D eigenvalue weighted by Gasteiger charge is 2.10. The molecule has 0 aromatic heterocycles. The molecule has 0 radical (unpaired) electrons. The van der Waals surface area contributed by atoms with E-state index in [4.69, 9.17) is 18.9 Å². The van der Waals surface area contributed by atoms with Crippen LogP contribution in [-0.2, 0) is 16.0 Å². The zero-order chi connectivity index (χ0) is 15.5. The molecule has 1 rings (SSSR count). The molecule has 0 aliphatic heterocycles. The van der Waals surface area contributed by atoms with E-state index in [1.807, 2.05) is 32.0 Å². The first-order valence-electron chi connectivity index (χ1n) is 7.32. The van der Waals surface area contributed by atoms with E-state index in [0.717, 1.165) is 30.2 Å². The van der Waals surface area contributed by atoms with E-state index < -0.39 is 0 Å². The monoisotopic (exact) mass is 297 g/mol. The Bertz CT molecular complexity index is 398. The molecule has 5 nitrogen and oxygen atoms in total. The molecule has 21 heavy (non-hydrogen) atoms. The second-order valence-electron chi connectivity index (χ2n) is 4.77.